The number of halogens is 4. The van der Waals surface area contributed by atoms with Crippen molar-refractivity contribution in [3.63, 3.8) is 0 Å². The number of anilines is 1. The van der Waals surface area contributed by atoms with E-state index in [4.69, 9.17) is 11.6 Å². The third-order valence-electron chi connectivity index (χ3n) is 2.83. The number of nitrogens with zero attached hydrogens (tertiary/aromatic N) is 1. The van der Waals surface area contributed by atoms with Crippen LogP contribution in [-0.4, -0.2) is 16.6 Å². The van der Waals surface area contributed by atoms with E-state index in [2.05, 4.69) is 10.3 Å². The van der Waals surface area contributed by atoms with Gasteiger partial charge in [0, 0.05) is 17.8 Å². The highest BCUT2D eigenvalue weighted by Crippen LogP contribution is 2.33. The molecular weight excluding hydrogens is 305 g/mol. The Balaban J connectivity index is 2.08. The molecule has 0 fully saturated rings. The van der Waals surface area contributed by atoms with Crippen molar-refractivity contribution in [2.24, 2.45) is 0 Å². The van der Waals surface area contributed by atoms with E-state index in [0.29, 0.717) is 10.6 Å². The molecule has 0 aliphatic heterocycles. The normalized spacial score (nSPS) is 13.0. The van der Waals surface area contributed by atoms with Gasteiger partial charge in [-0.25, -0.2) is 4.98 Å². The fourth-order valence-corrected chi connectivity index (χ4v) is 1.90. The average Bonchev–Trinajstić information content (AvgIpc) is 2.45. The standard InChI is InChI=1S/C14H12ClF3N2O/c15-10-5-3-9(4-6-10)12(21)8-20-13-11(14(16,17)18)2-1-7-19-13/h1-7,12,21H,8H2,(H,19,20). The molecule has 1 atom stereocenters. The maximum absolute atomic E-state index is 12.8. The van der Waals surface area contributed by atoms with E-state index in [1.165, 1.54) is 12.3 Å². The Hall–Kier alpha value is -1.79. The highest BCUT2D eigenvalue weighted by Gasteiger charge is 2.34. The molecule has 2 aromatic rings. The van der Waals surface area contributed by atoms with Crippen LogP contribution in [0.2, 0.25) is 5.02 Å². The van der Waals surface area contributed by atoms with Crippen molar-refractivity contribution >= 4 is 17.4 Å². The molecule has 0 saturated carbocycles. The lowest BCUT2D eigenvalue weighted by molar-refractivity contribution is -0.137. The summed E-state index contributed by atoms with van der Waals surface area (Å²) in [6.07, 6.45) is -4.21. The van der Waals surface area contributed by atoms with Crippen molar-refractivity contribution in [3.8, 4) is 0 Å². The van der Waals surface area contributed by atoms with Gasteiger partial charge in [-0.15, -0.1) is 0 Å². The molecule has 2 N–H and O–H groups in total. The van der Waals surface area contributed by atoms with Gasteiger partial charge in [0.1, 0.15) is 5.82 Å². The van der Waals surface area contributed by atoms with Gasteiger partial charge in [0.2, 0.25) is 0 Å². The minimum absolute atomic E-state index is 0.0955. The maximum Gasteiger partial charge on any atom is 0.419 e. The first-order chi connectivity index (χ1) is 9.88. The van der Waals surface area contributed by atoms with Gasteiger partial charge in [-0.05, 0) is 29.8 Å². The number of benzene rings is 1. The van der Waals surface area contributed by atoms with Crippen LogP contribution in [-0.2, 0) is 6.18 Å². The van der Waals surface area contributed by atoms with Gasteiger partial charge in [-0.1, -0.05) is 23.7 Å². The minimum atomic E-state index is -4.50. The Morgan fingerprint density at radius 1 is 1.19 bits per heavy atom. The molecule has 0 amide bonds. The van der Waals surface area contributed by atoms with E-state index in [0.717, 1.165) is 6.07 Å². The number of rotatable bonds is 4. The Labute approximate surface area is 124 Å². The molecule has 21 heavy (non-hydrogen) atoms. The van der Waals surface area contributed by atoms with E-state index in [-0.39, 0.29) is 12.4 Å². The van der Waals surface area contributed by atoms with E-state index in [1.807, 2.05) is 0 Å². The van der Waals surface area contributed by atoms with Gasteiger partial charge < -0.3 is 10.4 Å². The number of hydrogen-bond acceptors (Lipinski definition) is 3. The molecule has 7 heteroatoms. The van der Waals surface area contributed by atoms with Crippen LogP contribution in [0.1, 0.15) is 17.2 Å². The summed E-state index contributed by atoms with van der Waals surface area (Å²) >= 11 is 5.73. The van der Waals surface area contributed by atoms with Gasteiger partial charge >= 0.3 is 6.18 Å². The lowest BCUT2D eigenvalue weighted by atomic mass is 10.1. The maximum atomic E-state index is 12.8. The second-order valence-electron chi connectivity index (χ2n) is 4.35. The molecular formula is C14H12ClF3N2O. The SMILES string of the molecule is OC(CNc1ncccc1C(F)(F)F)c1ccc(Cl)cc1. The zero-order valence-electron chi connectivity index (χ0n) is 10.7. The highest BCUT2D eigenvalue weighted by molar-refractivity contribution is 6.30. The fraction of sp³-hybridized carbons (Fsp3) is 0.214. The molecule has 2 rings (SSSR count). The molecule has 1 unspecified atom stereocenters. The van der Waals surface area contributed by atoms with Gasteiger partial charge in [0.15, 0.2) is 0 Å². The summed E-state index contributed by atoms with van der Waals surface area (Å²) in [5, 5.41) is 13.0. The Kier molecular flexibility index (Phi) is 4.69. The Morgan fingerprint density at radius 2 is 1.86 bits per heavy atom. The average molecular weight is 317 g/mol. The Bertz CT molecular complexity index is 602. The number of nitrogens with one attached hydrogen (secondary N) is 1. The predicted molar refractivity (Wildman–Crippen MR) is 74.1 cm³/mol. The van der Waals surface area contributed by atoms with Gasteiger partial charge in [-0.2, -0.15) is 13.2 Å². The molecule has 0 radical (unpaired) electrons. The first kappa shape index (κ1) is 15.6. The summed E-state index contributed by atoms with van der Waals surface area (Å²) in [6.45, 7) is -0.0955. The topological polar surface area (TPSA) is 45.1 Å². The van der Waals surface area contributed by atoms with Crippen LogP contribution in [0.15, 0.2) is 42.6 Å². The molecule has 0 spiro atoms. The monoisotopic (exact) mass is 316 g/mol. The summed E-state index contributed by atoms with van der Waals surface area (Å²) in [5.41, 5.74) is -0.315. The van der Waals surface area contributed by atoms with Crippen molar-refractivity contribution in [1.29, 1.82) is 0 Å². The summed E-state index contributed by atoms with van der Waals surface area (Å²) in [5.74, 6) is -0.307. The van der Waals surface area contributed by atoms with Crippen LogP contribution in [0.4, 0.5) is 19.0 Å². The lowest BCUT2D eigenvalue weighted by Crippen LogP contribution is -2.17. The lowest BCUT2D eigenvalue weighted by Gasteiger charge is -2.16. The summed E-state index contributed by atoms with van der Waals surface area (Å²) in [7, 11) is 0. The first-order valence-corrected chi connectivity index (χ1v) is 6.45. The number of aliphatic hydroxyl groups is 1. The van der Waals surface area contributed by atoms with Crippen LogP contribution in [0.5, 0.6) is 0 Å². The van der Waals surface area contributed by atoms with Crippen molar-refractivity contribution in [1.82, 2.24) is 4.98 Å². The predicted octanol–water partition coefficient (Wildman–Crippen LogP) is 3.90. The number of aliphatic hydroxyl groups excluding tert-OH is 1. The smallest absolute Gasteiger partial charge is 0.387 e. The van der Waals surface area contributed by atoms with Crippen LogP contribution >= 0.6 is 11.6 Å². The van der Waals surface area contributed by atoms with Crippen molar-refractivity contribution in [2.45, 2.75) is 12.3 Å². The van der Waals surface area contributed by atoms with E-state index in [9.17, 15) is 18.3 Å². The van der Waals surface area contributed by atoms with Crippen molar-refractivity contribution < 1.29 is 18.3 Å². The molecule has 112 valence electrons. The highest BCUT2D eigenvalue weighted by atomic mass is 35.5. The van der Waals surface area contributed by atoms with E-state index >= 15 is 0 Å². The van der Waals surface area contributed by atoms with Crippen molar-refractivity contribution in [3.05, 3.63) is 58.7 Å². The third kappa shape index (κ3) is 4.09. The third-order valence-corrected chi connectivity index (χ3v) is 3.08. The summed E-state index contributed by atoms with van der Waals surface area (Å²) in [6, 6.07) is 8.56. The number of aromatic nitrogens is 1. The minimum Gasteiger partial charge on any atom is -0.387 e. The van der Waals surface area contributed by atoms with E-state index in [1.54, 1.807) is 24.3 Å². The van der Waals surface area contributed by atoms with Crippen LogP contribution in [0.3, 0.4) is 0 Å². The number of hydrogen-bond donors (Lipinski definition) is 2. The first-order valence-electron chi connectivity index (χ1n) is 6.07. The molecule has 1 aromatic carbocycles. The fourth-order valence-electron chi connectivity index (χ4n) is 1.77. The summed E-state index contributed by atoms with van der Waals surface area (Å²) in [4.78, 5) is 3.66. The zero-order valence-corrected chi connectivity index (χ0v) is 11.5. The van der Waals surface area contributed by atoms with Gasteiger partial charge in [-0.3, -0.25) is 0 Å². The molecule has 1 aromatic heterocycles. The molecule has 1 heterocycles. The summed E-state index contributed by atoms with van der Waals surface area (Å²) < 4.78 is 38.3. The molecule has 3 nitrogen and oxygen atoms in total. The largest absolute Gasteiger partial charge is 0.419 e. The molecule has 0 aliphatic carbocycles. The zero-order chi connectivity index (χ0) is 15.5. The molecule has 0 aliphatic rings. The van der Waals surface area contributed by atoms with Gasteiger partial charge in [0.05, 0.1) is 11.7 Å². The van der Waals surface area contributed by atoms with Gasteiger partial charge in [0.25, 0.3) is 0 Å². The molecule has 0 saturated heterocycles. The van der Waals surface area contributed by atoms with Crippen LogP contribution in [0, 0.1) is 0 Å². The Morgan fingerprint density at radius 3 is 2.48 bits per heavy atom. The van der Waals surface area contributed by atoms with E-state index < -0.39 is 17.8 Å². The van der Waals surface area contributed by atoms with Crippen LogP contribution < -0.4 is 5.32 Å². The molecule has 0 bridgehead atoms. The second-order valence-corrected chi connectivity index (χ2v) is 4.78. The quantitative estimate of drug-likeness (QED) is 0.899. The second kappa shape index (κ2) is 6.32. The van der Waals surface area contributed by atoms with Crippen molar-refractivity contribution in [2.75, 3.05) is 11.9 Å². The van der Waals surface area contributed by atoms with Crippen LogP contribution in [0.25, 0.3) is 0 Å². The number of alkyl halides is 3. The number of pyridine rings is 1.